The van der Waals surface area contributed by atoms with Crippen molar-refractivity contribution in [2.45, 2.75) is 6.42 Å². The van der Waals surface area contributed by atoms with Gasteiger partial charge in [0.1, 0.15) is 11.6 Å². The number of methoxy groups -OCH3 is 1. The van der Waals surface area contributed by atoms with Crippen LogP contribution in [0, 0.1) is 5.82 Å². The SMILES string of the molecule is CNCCc1cc(OC)c(Cl)cc1F. The van der Waals surface area contributed by atoms with E-state index in [1.807, 2.05) is 7.05 Å². The molecule has 0 heterocycles. The predicted octanol–water partition coefficient (Wildman–Crippen LogP) is 2.25. The van der Waals surface area contributed by atoms with Crippen LogP contribution in [0.2, 0.25) is 5.02 Å². The van der Waals surface area contributed by atoms with Crippen LogP contribution in [0.5, 0.6) is 5.75 Å². The molecule has 1 N–H and O–H groups in total. The quantitative estimate of drug-likeness (QED) is 0.836. The summed E-state index contributed by atoms with van der Waals surface area (Å²) in [7, 11) is 3.34. The third-order valence-electron chi connectivity index (χ3n) is 1.97. The highest BCUT2D eigenvalue weighted by Gasteiger charge is 2.08. The monoisotopic (exact) mass is 217 g/mol. The summed E-state index contributed by atoms with van der Waals surface area (Å²) in [6.45, 7) is 0.724. The van der Waals surface area contributed by atoms with Crippen LogP contribution < -0.4 is 10.1 Å². The molecule has 0 bridgehead atoms. The number of benzene rings is 1. The second-order valence-corrected chi connectivity index (χ2v) is 3.34. The van der Waals surface area contributed by atoms with Crippen LogP contribution >= 0.6 is 11.6 Å². The fraction of sp³-hybridized carbons (Fsp3) is 0.400. The fourth-order valence-electron chi connectivity index (χ4n) is 1.18. The largest absolute Gasteiger partial charge is 0.495 e. The maximum Gasteiger partial charge on any atom is 0.137 e. The number of halogens is 2. The molecule has 0 fully saturated rings. The molecule has 0 amide bonds. The van der Waals surface area contributed by atoms with Gasteiger partial charge in [-0.3, -0.25) is 0 Å². The van der Waals surface area contributed by atoms with E-state index in [4.69, 9.17) is 16.3 Å². The summed E-state index contributed by atoms with van der Waals surface area (Å²) in [4.78, 5) is 0. The zero-order valence-electron chi connectivity index (χ0n) is 8.23. The topological polar surface area (TPSA) is 21.3 Å². The van der Waals surface area contributed by atoms with E-state index in [0.717, 1.165) is 6.54 Å². The zero-order chi connectivity index (χ0) is 10.6. The van der Waals surface area contributed by atoms with Gasteiger partial charge < -0.3 is 10.1 Å². The maximum atomic E-state index is 13.3. The molecular formula is C10H13ClFNO. The Hall–Kier alpha value is -0.800. The van der Waals surface area contributed by atoms with E-state index in [9.17, 15) is 4.39 Å². The number of hydrogen-bond donors (Lipinski definition) is 1. The Balaban J connectivity index is 2.92. The third-order valence-corrected chi connectivity index (χ3v) is 2.26. The first-order chi connectivity index (χ1) is 6.69. The summed E-state index contributed by atoms with van der Waals surface area (Å²) in [6, 6.07) is 2.92. The Morgan fingerprint density at radius 3 is 2.79 bits per heavy atom. The highest BCUT2D eigenvalue weighted by molar-refractivity contribution is 6.32. The molecule has 0 radical (unpaired) electrons. The minimum absolute atomic E-state index is 0.286. The van der Waals surface area contributed by atoms with Gasteiger partial charge in [0.2, 0.25) is 0 Å². The summed E-state index contributed by atoms with van der Waals surface area (Å²) in [5.74, 6) is 0.227. The average molecular weight is 218 g/mol. The highest BCUT2D eigenvalue weighted by atomic mass is 35.5. The van der Waals surface area contributed by atoms with Crippen LogP contribution in [-0.2, 0) is 6.42 Å². The molecule has 0 unspecified atom stereocenters. The van der Waals surface area contributed by atoms with Crippen LogP contribution in [0.25, 0.3) is 0 Å². The smallest absolute Gasteiger partial charge is 0.137 e. The lowest BCUT2D eigenvalue weighted by Gasteiger charge is -2.07. The van der Waals surface area contributed by atoms with Crippen molar-refractivity contribution in [2.75, 3.05) is 20.7 Å². The van der Waals surface area contributed by atoms with E-state index in [1.165, 1.54) is 13.2 Å². The van der Waals surface area contributed by atoms with Crippen molar-refractivity contribution in [3.63, 3.8) is 0 Å². The van der Waals surface area contributed by atoms with Crippen LogP contribution in [0.1, 0.15) is 5.56 Å². The Bertz CT molecular complexity index is 317. The molecule has 0 aliphatic carbocycles. The first kappa shape index (κ1) is 11.3. The molecule has 0 saturated heterocycles. The lowest BCUT2D eigenvalue weighted by Crippen LogP contribution is -2.11. The molecule has 2 nitrogen and oxygen atoms in total. The van der Waals surface area contributed by atoms with Gasteiger partial charge in [0.15, 0.2) is 0 Å². The van der Waals surface area contributed by atoms with E-state index in [-0.39, 0.29) is 5.82 Å². The van der Waals surface area contributed by atoms with Crippen molar-refractivity contribution < 1.29 is 9.13 Å². The Labute approximate surface area is 88.0 Å². The number of rotatable bonds is 4. The summed E-state index contributed by atoms with van der Waals surface area (Å²) in [6.07, 6.45) is 0.621. The number of nitrogens with one attached hydrogen (secondary N) is 1. The molecule has 4 heteroatoms. The lowest BCUT2D eigenvalue weighted by atomic mass is 10.1. The molecule has 14 heavy (non-hydrogen) atoms. The van der Waals surface area contributed by atoms with Crippen molar-refractivity contribution in [3.05, 3.63) is 28.5 Å². The van der Waals surface area contributed by atoms with E-state index in [2.05, 4.69) is 5.32 Å². The van der Waals surface area contributed by atoms with E-state index >= 15 is 0 Å². The summed E-state index contributed by atoms with van der Waals surface area (Å²) < 4.78 is 18.3. The van der Waals surface area contributed by atoms with Crippen molar-refractivity contribution in [2.24, 2.45) is 0 Å². The van der Waals surface area contributed by atoms with Crippen LogP contribution in [0.15, 0.2) is 12.1 Å². The molecule has 0 aliphatic heterocycles. The van der Waals surface area contributed by atoms with Gasteiger partial charge in [-0.25, -0.2) is 4.39 Å². The van der Waals surface area contributed by atoms with Gasteiger partial charge in [-0.05, 0) is 37.7 Å². The molecule has 0 spiro atoms. The second-order valence-electron chi connectivity index (χ2n) is 2.93. The van der Waals surface area contributed by atoms with Crippen molar-refractivity contribution >= 4 is 11.6 Å². The van der Waals surface area contributed by atoms with Crippen LogP contribution in [0.4, 0.5) is 4.39 Å². The first-order valence-corrected chi connectivity index (χ1v) is 4.73. The number of hydrogen-bond acceptors (Lipinski definition) is 2. The van der Waals surface area contributed by atoms with Gasteiger partial charge in [-0.2, -0.15) is 0 Å². The fourth-order valence-corrected chi connectivity index (χ4v) is 1.41. The molecule has 0 aromatic heterocycles. The van der Waals surface area contributed by atoms with Crippen molar-refractivity contribution in [1.29, 1.82) is 0 Å². The Morgan fingerprint density at radius 1 is 1.50 bits per heavy atom. The molecule has 1 aromatic rings. The molecule has 78 valence electrons. The maximum absolute atomic E-state index is 13.3. The summed E-state index contributed by atoms with van der Waals surface area (Å²) >= 11 is 5.76. The molecule has 0 saturated carbocycles. The summed E-state index contributed by atoms with van der Waals surface area (Å²) in [5, 5.41) is 3.26. The Morgan fingerprint density at radius 2 is 2.21 bits per heavy atom. The van der Waals surface area contributed by atoms with Gasteiger partial charge >= 0.3 is 0 Å². The molecule has 1 aromatic carbocycles. The molecule has 1 rings (SSSR count). The van der Waals surface area contributed by atoms with Gasteiger partial charge in [-0.15, -0.1) is 0 Å². The summed E-state index contributed by atoms with van der Waals surface area (Å²) in [5.41, 5.74) is 0.612. The average Bonchev–Trinajstić information content (AvgIpc) is 2.17. The predicted molar refractivity (Wildman–Crippen MR) is 55.6 cm³/mol. The molecule has 0 aliphatic rings. The van der Waals surface area contributed by atoms with Gasteiger partial charge in [0.05, 0.1) is 12.1 Å². The zero-order valence-corrected chi connectivity index (χ0v) is 8.99. The Kier molecular flexibility index (Phi) is 4.17. The molecule has 0 atom stereocenters. The first-order valence-electron chi connectivity index (χ1n) is 4.35. The minimum atomic E-state index is -0.286. The molecular weight excluding hydrogens is 205 g/mol. The van der Waals surface area contributed by atoms with E-state index in [1.54, 1.807) is 6.07 Å². The van der Waals surface area contributed by atoms with Gasteiger partial charge in [-0.1, -0.05) is 11.6 Å². The van der Waals surface area contributed by atoms with E-state index < -0.39 is 0 Å². The van der Waals surface area contributed by atoms with E-state index in [0.29, 0.717) is 22.8 Å². The standard InChI is InChI=1S/C10H13ClFNO/c1-13-4-3-7-5-10(14-2)8(11)6-9(7)12/h5-6,13H,3-4H2,1-2H3. The normalized spacial score (nSPS) is 10.3. The third kappa shape index (κ3) is 2.59. The minimum Gasteiger partial charge on any atom is -0.495 e. The highest BCUT2D eigenvalue weighted by Crippen LogP contribution is 2.27. The number of ether oxygens (including phenoxy) is 1. The second kappa shape index (κ2) is 5.17. The van der Waals surface area contributed by atoms with Crippen molar-refractivity contribution in [1.82, 2.24) is 5.32 Å². The van der Waals surface area contributed by atoms with Gasteiger partial charge in [0, 0.05) is 0 Å². The number of likely N-dealkylation sites (N-methyl/N-ethyl adjacent to an activating group) is 1. The lowest BCUT2D eigenvalue weighted by molar-refractivity contribution is 0.413. The van der Waals surface area contributed by atoms with Crippen molar-refractivity contribution in [3.8, 4) is 5.75 Å². The van der Waals surface area contributed by atoms with Crippen LogP contribution in [0.3, 0.4) is 0 Å². The van der Waals surface area contributed by atoms with Crippen LogP contribution in [-0.4, -0.2) is 20.7 Å². The van der Waals surface area contributed by atoms with Gasteiger partial charge in [0.25, 0.3) is 0 Å².